The molecular weight excluding hydrogens is 796 g/mol. The molecule has 0 N–H and O–H groups in total. The molecule has 2 saturated heterocycles. The normalized spacial score (nSPS) is 18.9. The zero-order valence-corrected chi connectivity index (χ0v) is 37.1. The van der Waals surface area contributed by atoms with Crippen LogP contribution >= 0.6 is 6.98 Å². The van der Waals surface area contributed by atoms with Crippen molar-refractivity contribution in [1.82, 2.24) is 9.57 Å². The van der Waals surface area contributed by atoms with Crippen LogP contribution < -0.4 is 20.7 Å². The van der Waals surface area contributed by atoms with Crippen molar-refractivity contribution >= 4 is 54.8 Å². The molecule has 1 unspecified atom stereocenters. The summed E-state index contributed by atoms with van der Waals surface area (Å²) in [5, 5.41) is 1.66. The molecule has 1 amide bonds. The van der Waals surface area contributed by atoms with Crippen LogP contribution in [0.1, 0.15) is 37.0 Å². The second-order valence-electron chi connectivity index (χ2n) is 16.2. The number of carbonyl (C=O) groups is 4. The average Bonchev–Trinajstić information content (AvgIpc) is 3.24. The van der Waals surface area contributed by atoms with Crippen LogP contribution in [-0.4, -0.2) is 99.2 Å². The summed E-state index contributed by atoms with van der Waals surface area (Å²) in [5.74, 6) is -2.17. The second kappa shape index (κ2) is 19.2. The number of carbonyl (C=O) groups excluding carboxylic acids is 4. The predicted molar refractivity (Wildman–Crippen MR) is 238 cm³/mol. The Bertz CT molecular complexity index is 2010. The number of hydrogen-bond acceptors (Lipinski definition) is 10. The molecule has 0 radical (unpaired) electrons. The zero-order chi connectivity index (χ0) is 42.9. The first-order valence-electron chi connectivity index (χ1n) is 20.6. The topological polar surface area (TPSA) is 121 Å². The molecule has 13 heteroatoms. The van der Waals surface area contributed by atoms with Crippen molar-refractivity contribution in [2.75, 3.05) is 39.5 Å². The Morgan fingerprint density at radius 1 is 0.850 bits per heavy atom. The van der Waals surface area contributed by atoms with Crippen LogP contribution in [0, 0.1) is 5.92 Å². The predicted octanol–water partition coefficient (Wildman–Crippen LogP) is 6.45. The quantitative estimate of drug-likeness (QED) is 0.0260. The van der Waals surface area contributed by atoms with Gasteiger partial charge in [-0.2, -0.15) is 0 Å². The van der Waals surface area contributed by atoms with Gasteiger partial charge in [0.25, 0.3) is 0 Å². The number of β-lactam (4-membered cyclic amide) rings is 1. The van der Waals surface area contributed by atoms with E-state index in [1.807, 2.05) is 97.9 Å². The fourth-order valence-corrected chi connectivity index (χ4v) is 15.7. The number of hydrogen-bond donors (Lipinski definition) is 0. The Balaban J connectivity index is 1.51. The molecule has 4 aromatic rings. The number of nitrogens with zero attached hydrogens (tertiary/aromatic N) is 2. The van der Waals surface area contributed by atoms with Gasteiger partial charge >= 0.3 is 325 Å². The standard InChI is InChI=1S/C47H57N2O9PSi/c1-7-17-44(56-36(3)50)47(53)57-59(39-18-11-8-12-19-39,40-20-13-9-14-21-40,41-22-15-10-16-23-41)49-42(45(46(49)52)35(2)58-60(4,5)6)34-43(51)37-24-26-38(27-25-37)55-33-30-48-28-31-54-32-29-48/h7-16,18-27,35,42,44-45H,1,17,28-34H2,2-6H3/t35-,42-,44?,45-/m1/s1. The fraction of sp³-hybridized carbons (Fsp3) is 0.362. The van der Waals surface area contributed by atoms with Gasteiger partial charge < -0.3 is 4.74 Å². The van der Waals surface area contributed by atoms with Crippen LogP contribution in [0.2, 0.25) is 19.6 Å². The van der Waals surface area contributed by atoms with E-state index in [1.54, 1.807) is 28.9 Å². The SMILES string of the molecule is C=CCC(OC(C)=O)C(=O)OP(c1ccccc1)(c1ccccc1)(c1ccccc1)N1C(=O)[C@H]([C@@H](C)O[Si](C)(C)C)[C@H]1CC(=O)c1ccc(OCCN2CCOCC2)cc1. The summed E-state index contributed by atoms with van der Waals surface area (Å²) in [7, 11) is -2.21. The summed E-state index contributed by atoms with van der Waals surface area (Å²) in [6, 6.07) is 34.0. The van der Waals surface area contributed by atoms with Gasteiger partial charge in [0.15, 0.2) is 0 Å². The molecule has 4 atom stereocenters. The van der Waals surface area contributed by atoms with Gasteiger partial charge in [-0.1, -0.05) is 0 Å². The van der Waals surface area contributed by atoms with E-state index < -0.39 is 51.4 Å². The number of esters is 1. The first-order chi connectivity index (χ1) is 28.8. The molecule has 6 rings (SSSR count). The van der Waals surface area contributed by atoms with Crippen LogP contribution in [0.15, 0.2) is 128 Å². The Hall–Kier alpha value is -4.97. The molecule has 0 aromatic heterocycles. The van der Waals surface area contributed by atoms with E-state index in [0.717, 1.165) is 19.6 Å². The molecule has 0 bridgehead atoms. The summed E-state index contributed by atoms with van der Waals surface area (Å²) < 4.78 is 32.6. The first kappa shape index (κ1) is 44.6. The third-order valence-electron chi connectivity index (χ3n) is 11.0. The van der Waals surface area contributed by atoms with E-state index in [4.69, 9.17) is 23.2 Å². The monoisotopic (exact) mass is 852 g/mol. The fourth-order valence-electron chi connectivity index (χ4n) is 8.46. The number of ether oxygens (including phenoxy) is 3. The first-order valence-corrected chi connectivity index (χ1v) is 26.1. The molecular formula is C47H57N2O9PSi. The van der Waals surface area contributed by atoms with Crippen molar-refractivity contribution in [1.29, 1.82) is 0 Å². The molecule has 0 saturated carbocycles. The van der Waals surface area contributed by atoms with Crippen molar-refractivity contribution in [3.05, 3.63) is 133 Å². The van der Waals surface area contributed by atoms with Gasteiger partial charge in [0.05, 0.1) is 13.2 Å². The molecule has 2 fully saturated rings. The Morgan fingerprint density at radius 2 is 1.38 bits per heavy atom. The summed E-state index contributed by atoms with van der Waals surface area (Å²) in [5.41, 5.74) is 0.449. The van der Waals surface area contributed by atoms with Gasteiger partial charge in [0.1, 0.15) is 0 Å². The van der Waals surface area contributed by atoms with Crippen LogP contribution in [0.3, 0.4) is 0 Å². The van der Waals surface area contributed by atoms with Gasteiger partial charge in [-0.15, -0.1) is 0 Å². The molecule has 2 heterocycles. The number of ketones is 1. The van der Waals surface area contributed by atoms with E-state index in [9.17, 15) is 14.4 Å². The van der Waals surface area contributed by atoms with E-state index >= 15 is 4.79 Å². The van der Waals surface area contributed by atoms with Crippen LogP contribution in [0.25, 0.3) is 0 Å². The number of morpholine rings is 1. The molecule has 11 nitrogen and oxygen atoms in total. The summed E-state index contributed by atoms with van der Waals surface area (Å²) >= 11 is 0. The second-order valence-corrected chi connectivity index (χ2v) is 24.8. The maximum absolute atomic E-state index is 15.6. The third kappa shape index (κ3) is 9.18. The average molecular weight is 853 g/mol. The van der Waals surface area contributed by atoms with Gasteiger partial charge in [0, 0.05) is 13.1 Å². The van der Waals surface area contributed by atoms with E-state index in [-0.39, 0.29) is 24.5 Å². The van der Waals surface area contributed by atoms with E-state index in [0.29, 0.717) is 47.0 Å². The summed E-state index contributed by atoms with van der Waals surface area (Å²) in [6.07, 6.45) is -0.589. The van der Waals surface area contributed by atoms with Crippen LogP contribution in [-0.2, 0) is 32.8 Å². The Morgan fingerprint density at radius 3 is 1.87 bits per heavy atom. The van der Waals surface area contributed by atoms with Crippen molar-refractivity contribution in [3.63, 3.8) is 0 Å². The molecule has 2 aliphatic rings. The number of Topliss-reactive ketones (excluding diaryl/α,β-unsaturated/α-hetero) is 1. The van der Waals surface area contributed by atoms with Crippen molar-refractivity contribution in [2.45, 2.75) is 64.6 Å². The third-order valence-corrected chi connectivity index (χ3v) is 17.7. The number of rotatable bonds is 19. The number of benzene rings is 4. The minimum atomic E-state index is -5.05. The molecule has 0 aliphatic carbocycles. The minimum absolute atomic E-state index is 0.0320. The van der Waals surface area contributed by atoms with Gasteiger partial charge in [0.2, 0.25) is 0 Å². The summed E-state index contributed by atoms with van der Waals surface area (Å²) in [4.78, 5) is 59.9. The molecule has 4 aromatic carbocycles. The maximum atomic E-state index is 15.6. The van der Waals surface area contributed by atoms with E-state index in [1.165, 1.54) is 13.0 Å². The van der Waals surface area contributed by atoms with Gasteiger partial charge in [-0.05, 0) is 0 Å². The molecule has 0 spiro atoms. The van der Waals surface area contributed by atoms with Gasteiger partial charge in [-0.3, -0.25) is 0 Å². The van der Waals surface area contributed by atoms with E-state index in [2.05, 4.69) is 31.1 Å². The molecule has 318 valence electrons. The number of amides is 1. The van der Waals surface area contributed by atoms with Crippen molar-refractivity contribution < 1.29 is 42.3 Å². The van der Waals surface area contributed by atoms with Crippen molar-refractivity contribution in [3.8, 4) is 5.75 Å². The van der Waals surface area contributed by atoms with Gasteiger partial charge in [-0.25, -0.2) is 0 Å². The Labute approximate surface area is 354 Å². The Kier molecular flexibility index (Phi) is 14.2. The van der Waals surface area contributed by atoms with Crippen LogP contribution in [0.5, 0.6) is 5.75 Å². The zero-order valence-electron chi connectivity index (χ0n) is 35.2. The van der Waals surface area contributed by atoms with Crippen molar-refractivity contribution in [2.24, 2.45) is 5.92 Å². The molecule has 2 aliphatic heterocycles. The summed E-state index contributed by atoms with van der Waals surface area (Å²) in [6.45, 7) is 12.5. The van der Waals surface area contributed by atoms with Crippen LogP contribution in [0.4, 0.5) is 0 Å². The molecule has 60 heavy (non-hydrogen) atoms.